The van der Waals surface area contributed by atoms with E-state index in [1.165, 1.54) is 16.4 Å². The van der Waals surface area contributed by atoms with E-state index in [4.69, 9.17) is 11.6 Å². The van der Waals surface area contributed by atoms with Crippen LogP contribution in [0, 0.1) is 0 Å². The molecule has 2 aromatic carbocycles. The second kappa shape index (κ2) is 8.49. The minimum absolute atomic E-state index is 0.199. The van der Waals surface area contributed by atoms with Gasteiger partial charge in [-0.15, -0.1) is 0 Å². The van der Waals surface area contributed by atoms with Crippen LogP contribution in [0.5, 0.6) is 0 Å². The Bertz CT molecular complexity index is 1130. The summed E-state index contributed by atoms with van der Waals surface area (Å²) in [7, 11) is -7.10. The van der Waals surface area contributed by atoms with Gasteiger partial charge in [-0.25, -0.2) is 16.8 Å². The van der Waals surface area contributed by atoms with Gasteiger partial charge >= 0.3 is 0 Å². The van der Waals surface area contributed by atoms with Crippen molar-refractivity contribution in [2.45, 2.75) is 55.2 Å². The van der Waals surface area contributed by atoms with Crippen molar-refractivity contribution in [1.82, 2.24) is 4.31 Å². The predicted molar refractivity (Wildman–Crippen MR) is 119 cm³/mol. The number of rotatable bonds is 5. The molecular formula is C21H25ClN2O4S2. The molecule has 30 heavy (non-hydrogen) atoms. The molecule has 1 heterocycles. The number of anilines is 1. The molecule has 0 atom stereocenters. The first-order valence-electron chi connectivity index (χ1n) is 10.1. The molecular weight excluding hydrogens is 444 g/mol. The van der Waals surface area contributed by atoms with Gasteiger partial charge in [-0.1, -0.05) is 36.9 Å². The maximum Gasteiger partial charge on any atom is 0.243 e. The van der Waals surface area contributed by atoms with Gasteiger partial charge in [-0.2, -0.15) is 4.31 Å². The molecule has 4 rings (SSSR count). The van der Waals surface area contributed by atoms with Crippen LogP contribution in [0.4, 0.5) is 5.69 Å². The van der Waals surface area contributed by atoms with Crippen LogP contribution in [0.1, 0.15) is 43.2 Å². The highest BCUT2D eigenvalue weighted by Crippen LogP contribution is 2.29. The topological polar surface area (TPSA) is 83.6 Å². The molecule has 9 heteroatoms. The first-order valence-corrected chi connectivity index (χ1v) is 13.5. The summed E-state index contributed by atoms with van der Waals surface area (Å²) in [4.78, 5) is 0.199. The molecule has 0 radical (unpaired) electrons. The summed E-state index contributed by atoms with van der Waals surface area (Å²) in [5, 5.41) is 0.122. The normalized spacial score (nSPS) is 18.7. The van der Waals surface area contributed by atoms with Crippen LogP contribution in [-0.4, -0.2) is 32.9 Å². The summed E-state index contributed by atoms with van der Waals surface area (Å²) in [5.74, 6) is 0. The molecule has 2 aromatic rings. The lowest BCUT2D eigenvalue weighted by Crippen LogP contribution is -2.36. The zero-order valence-electron chi connectivity index (χ0n) is 16.6. The minimum atomic E-state index is -3.65. The van der Waals surface area contributed by atoms with Crippen LogP contribution < -0.4 is 4.72 Å². The van der Waals surface area contributed by atoms with Gasteiger partial charge in [0.05, 0.1) is 10.1 Å². The first kappa shape index (κ1) is 21.6. The third-order valence-corrected chi connectivity index (χ3v) is 9.87. The molecule has 2 aliphatic rings. The van der Waals surface area contributed by atoms with Crippen molar-refractivity contribution < 1.29 is 16.8 Å². The molecule has 1 aliphatic heterocycles. The van der Waals surface area contributed by atoms with Crippen LogP contribution in [0.25, 0.3) is 0 Å². The van der Waals surface area contributed by atoms with E-state index in [0.29, 0.717) is 36.5 Å². The number of nitrogens with zero attached hydrogens (tertiary/aromatic N) is 1. The second-order valence-electron chi connectivity index (χ2n) is 7.93. The summed E-state index contributed by atoms with van der Waals surface area (Å²) in [6.07, 6.45) is 4.92. The van der Waals surface area contributed by atoms with Crippen molar-refractivity contribution >= 4 is 37.3 Å². The van der Waals surface area contributed by atoms with E-state index in [9.17, 15) is 16.8 Å². The molecule has 0 bridgehead atoms. The predicted octanol–water partition coefficient (Wildman–Crippen LogP) is 4.16. The molecule has 0 aromatic heterocycles. The Labute approximate surface area is 183 Å². The standard InChI is InChI=1S/C21H25ClN2O4S2/c22-18-7-10-21(11-8-18)30(27,28)24-13-12-16-6-9-19(14-17(16)15-24)23-29(25,26)20-4-2-1-3-5-20/h6-11,14,20,23H,1-5,12-13,15H2. The van der Waals surface area contributed by atoms with Crippen LogP contribution in [0.15, 0.2) is 47.4 Å². The molecule has 6 nitrogen and oxygen atoms in total. The third kappa shape index (κ3) is 4.51. The number of hydrogen-bond donors (Lipinski definition) is 1. The summed E-state index contributed by atoms with van der Waals surface area (Å²) in [5.41, 5.74) is 2.35. The van der Waals surface area contributed by atoms with Crippen molar-refractivity contribution in [2.24, 2.45) is 0 Å². The Balaban J connectivity index is 1.54. The van der Waals surface area contributed by atoms with E-state index in [1.54, 1.807) is 24.3 Å². The summed E-state index contributed by atoms with van der Waals surface area (Å²) >= 11 is 5.88. The van der Waals surface area contributed by atoms with Gasteiger partial charge in [0.1, 0.15) is 0 Å². The van der Waals surface area contributed by atoms with Crippen molar-refractivity contribution in [3.63, 3.8) is 0 Å². The highest BCUT2D eigenvalue weighted by molar-refractivity contribution is 7.93. The summed E-state index contributed by atoms with van der Waals surface area (Å²) in [6, 6.07) is 11.5. The van der Waals surface area contributed by atoms with Crippen molar-refractivity contribution in [2.75, 3.05) is 11.3 Å². The van der Waals surface area contributed by atoms with Crippen LogP contribution in [-0.2, 0) is 33.0 Å². The monoisotopic (exact) mass is 468 g/mol. The fraction of sp³-hybridized carbons (Fsp3) is 0.429. The lowest BCUT2D eigenvalue weighted by atomic mass is 10.0. The van der Waals surface area contributed by atoms with E-state index >= 15 is 0 Å². The Hall–Kier alpha value is -1.61. The lowest BCUT2D eigenvalue weighted by Gasteiger charge is -2.29. The second-order valence-corrected chi connectivity index (χ2v) is 12.3. The van der Waals surface area contributed by atoms with Gasteiger partial charge in [-0.05, 0) is 66.8 Å². The summed E-state index contributed by atoms with van der Waals surface area (Å²) in [6.45, 7) is 0.588. The van der Waals surface area contributed by atoms with E-state index in [1.807, 2.05) is 6.07 Å². The fourth-order valence-electron chi connectivity index (χ4n) is 4.18. The highest BCUT2D eigenvalue weighted by Gasteiger charge is 2.30. The van der Waals surface area contributed by atoms with E-state index in [0.717, 1.165) is 30.4 Å². The lowest BCUT2D eigenvalue weighted by molar-refractivity contribution is 0.391. The number of sulfonamides is 2. The molecule has 1 aliphatic carbocycles. The van der Waals surface area contributed by atoms with Crippen LogP contribution in [0.2, 0.25) is 5.02 Å². The maximum absolute atomic E-state index is 13.0. The van der Waals surface area contributed by atoms with E-state index in [-0.39, 0.29) is 16.7 Å². The molecule has 0 spiro atoms. The highest BCUT2D eigenvalue weighted by atomic mass is 35.5. The number of benzene rings is 2. The number of halogens is 1. The Morgan fingerprint density at radius 2 is 1.60 bits per heavy atom. The SMILES string of the molecule is O=S(=O)(Nc1ccc2c(c1)CN(S(=O)(=O)c1ccc(Cl)cc1)CC2)C1CCCCC1. The molecule has 162 valence electrons. The average molecular weight is 469 g/mol. The zero-order chi connectivity index (χ0) is 21.4. The summed E-state index contributed by atoms with van der Waals surface area (Å²) < 4.78 is 55.6. The Morgan fingerprint density at radius 1 is 0.900 bits per heavy atom. The quantitative estimate of drug-likeness (QED) is 0.714. The number of fused-ring (bicyclic) bond motifs is 1. The molecule has 1 fully saturated rings. The minimum Gasteiger partial charge on any atom is -0.283 e. The van der Waals surface area contributed by atoms with Crippen LogP contribution >= 0.6 is 11.6 Å². The third-order valence-electron chi connectivity index (χ3n) is 5.89. The van der Waals surface area contributed by atoms with Gasteiger partial charge in [0.25, 0.3) is 0 Å². The van der Waals surface area contributed by atoms with Crippen LogP contribution in [0.3, 0.4) is 0 Å². The first-order chi connectivity index (χ1) is 14.3. The average Bonchev–Trinajstić information content (AvgIpc) is 2.74. The molecule has 1 N–H and O–H groups in total. The molecule has 0 saturated heterocycles. The van der Waals surface area contributed by atoms with Gasteiger partial charge in [0.15, 0.2) is 0 Å². The largest absolute Gasteiger partial charge is 0.283 e. The van der Waals surface area contributed by atoms with Crippen molar-refractivity contribution in [3.05, 3.63) is 58.6 Å². The van der Waals surface area contributed by atoms with Crippen molar-refractivity contribution in [3.8, 4) is 0 Å². The van der Waals surface area contributed by atoms with Gasteiger partial charge in [0, 0.05) is 23.8 Å². The van der Waals surface area contributed by atoms with Crippen molar-refractivity contribution in [1.29, 1.82) is 0 Å². The van der Waals surface area contributed by atoms with Gasteiger partial charge < -0.3 is 0 Å². The number of nitrogens with one attached hydrogen (secondary N) is 1. The number of hydrogen-bond acceptors (Lipinski definition) is 4. The smallest absolute Gasteiger partial charge is 0.243 e. The van der Waals surface area contributed by atoms with Gasteiger partial charge in [-0.3, -0.25) is 4.72 Å². The van der Waals surface area contributed by atoms with Gasteiger partial charge in [0.2, 0.25) is 20.0 Å². The molecule has 0 unspecified atom stereocenters. The molecule has 0 amide bonds. The fourth-order valence-corrected chi connectivity index (χ4v) is 7.30. The molecule has 1 saturated carbocycles. The maximum atomic E-state index is 13.0. The zero-order valence-corrected chi connectivity index (χ0v) is 18.9. The van der Waals surface area contributed by atoms with E-state index in [2.05, 4.69) is 4.72 Å². The Morgan fingerprint density at radius 3 is 2.30 bits per heavy atom. The Kier molecular flexibility index (Phi) is 6.12. The van der Waals surface area contributed by atoms with E-state index < -0.39 is 20.0 Å².